The van der Waals surface area contributed by atoms with E-state index in [9.17, 15) is 18.0 Å². The fourth-order valence-corrected chi connectivity index (χ4v) is 2.25. The minimum Gasteiger partial charge on any atom is -0.497 e. The fraction of sp³-hybridized carbons (Fsp3) is 0.333. The first-order chi connectivity index (χ1) is 12.8. The quantitative estimate of drug-likeness (QED) is 0.758. The van der Waals surface area contributed by atoms with Crippen LogP contribution in [0.3, 0.4) is 0 Å². The van der Waals surface area contributed by atoms with Crippen molar-refractivity contribution in [3.63, 3.8) is 0 Å². The number of carbonyl (C=O) groups excluding carboxylic acids is 1. The van der Waals surface area contributed by atoms with Crippen LogP contribution in [0.2, 0.25) is 0 Å². The molecule has 1 aromatic heterocycles. The molecule has 27 heavy (non-hydrogen) atoms. The molecule has 0 saturated carbocycles. The maximum Gasteiger partial charge on any atom is 0.422 e. The van der Waals surface area contributed by atoms with Gasteiger partial charge in [-0.05, 0) is 36.2 Å². The molecule has 6 nitrogen and oxygen atoms in total. The number of aromatic nitrogens is 1. The van der Waals surface area contributed by atoms with Crippen LogP contribution >= 0.6 is 0 Å². The zero-order chi connectivity index (χ0) is 19.9. The van der Waals surface area contributed by atoms with Gasteiger partial charge in [0.15, 0.2) is 6.61 Å². The lowest BCUT2D eigenvalue weighted by atomic mass is 10.1. The normalized spacial score (nSPS) is 11.0. The van der Waals surface area contributed by atoms with E-state index < -0.39 is 18.7 Å². The van der Waals surface area contributed by atoms with Crippen LogP contribution in [0, 0.1) is 0 Å². The molecule has 0 aliphatic carbocycles. The highest BCUT2D eigenvalue weighted by Crippen LogP contribution is 2.24. The summed E-state index contributed by atoms with van der Waals surface area (Å²) in [6.07, 6.45) is -2.78. The van der Waals surface area contributed by atoms with E-state index >= 15 is 0 Å². The zero-order valence-electron chi connectivity index (χ0n) is 14.8. The van der Waals surface area contributed by atoms with Crippen molar-refractivity contribution in [2.45, 2.75) is 12.6 Å². The van der Waals surface area contributed by atoms with Gasteiger partial charge in [0.1, 0.15) is 11.5 Å². The summed E-state index contributed by atoms with van der Waals surface area (Å²) < 4.78 is 51.2. The standard InChI is InChI=1S/C18H19F3N2O4/c1-25-14-4-5-15(26-2)12(9-14)7-8-22-17(24)13-3-6-16(23-10-13)27-11-18(19,20)21/h3-6,9-10H,7-8,11H2,1-2H3,(H,22,24). The summed E-state index contributed by atoms with van der Waals surface area (Å²) in [4.78, 5) is 15.8. The number of carbonyl (C=O) groups is 1. The molecule has 0 fully saturated rings. The molecule has 0 bridgehead atoms. The van der Waals surface area contributed by atoms with E-state index in [2.05, 4.69) is 15.0 Å². The lowest BCUT2D eigenvalue weighted by molar-refractivity contribution is -0.154. The highest BCUT2D eigenvalue weighted by molar-refractivity contribution is 5.93. The maximum atomic E-state index is 12.1. The van der Waals surface area contributed by atoms with Gasteiger partial charge in [-0.1, -0.05) is 0 Å². The number of nitrogens with zero attached hydrogens (tertiary/aromatic N) is 1. The van der Waals surface area contributed by atoms with Gasteiger partial charge < -0.3 is 19.5 Å². The number of rotatable bonds is 8. The van der Waals surface area contributed by atoms with Gasteiger partial charge in [-0.25, -0.2) is 4.98 Å². The average molecular weight is 384 g/mol. The van der Waals surface area contributed by atoms with Gasteiger partial charge >= 0.3 is 6.18 Å². The number of hydrogen-bond acceptors (Lipinski definition) is 5. The molecule has 146 valence electrons. The number of halogens is 3. The number of pyridine rings is 1. The van der Waals surface area contributed by atoms with Gasteiger partial charge in [-0.15, -0.1) is 0 Å². The summed E-state index contributed by atoms with van der Waals surface area (Å²) in [6.45, 7) is -1.11. The summed E-state index contributed by atoms with van der Waals surface area (Å²) in [5.74, 6) is 0.755. The second-order valence-electron chi connectivity index (χ2n) is 5.47. The molecule has 2 rings (SSSR count). The van der Waals surface area contributed by atoms with E-state index in [1.807, 2.05) is 6.07 Å². The maximum absolute atomic E-state index is 12.1. The molecule has 2 aromatic rings. The van der Waals surface area contributed by atoms with Crippen molar-refractivity contribution in [2.75, 3.05) is 27.4 Å². The number of amides is 1. The molecule has 0 spiro atoms. The first-order valence-corrected chi connectivity index (χ1v) is 7.97. The van der Waals surface area contributed by atoms with Crippen molar-refractivity contribution in [1.82, 2.24) is 10.3 Å². The Kier molecular flexibility index (Phi) is 6.86. The number of alkyl halides is 3. The molecule has 0 atom stereocenters. The summed E-state index contributed by atoms with van der Waals surface area (Å²) in [7, 11) is 3.11. The molecule has 1 amide bonds. The van der Waals surface area contributed by atoms with Crippen LogP contribution in [-0.4, -0.2) is 44.4 Å². The third kappa shape index (κ3) is 6.36. The molecule has 9 heteroatoms. The van der Waals surface area contributed by atoms with Crippen LogP contribution in [0.5, 0.6) is 17.4 Å². The van der Waals surface area contributed by atoms with Crippen molar-refractivity contribution >= 4 is 5.91 Å². The van der Waals surface area contributed by atoms with Crippen LogP contribution in [0.4, 0.5) is 13.2 Å². The van der Waals surface area contributed by atoms with Crippen molar-refractivity contribution in [1.29, 1.82) is 0 Å². The van der Waals surface area contributed by atoms with Crippen molar-refractivity contribution < 1.29 is 32.2 Å². The second kappa shape index (κ2) is 9.11. The summed E-state index contributed by atoms with van der Waals surface area (Å²) in [6, 6.07) is 7.93. The highest BCUT2D eigenvalue weighted by atomic mass is 19.4. The summed E-state index contributed by atoms with van der Waals surface area (Å²) in [5.41, 5.74) is 1.08. The van der Waals surface area contributed by atoms with Crippen LogP contribution in [0.15, 0.2) is 36.5 Å². The third-order valence-corrected chi connectivity index (χ3v) is 3.55. The molecule has 0 radical (unpaired) electrons. The fourth-order valence-electron chi connectivity index (χ4n) is 2.25. The molecule has 1 aromatic carbocycles. The number of nitrogens with one attached hydrogen (secondary N) is 1. The lowest BCUT2D eigenvalue weighted by Gasteiger charge is -2.11. The minimum absolute atomic E-state index is 0.204. The van der Waals surface area contributed by atoms with Crippen LogP contribution in [0.1, 0.15) is 15.9 Å². The number of ether oxygens (including phenoxy) is 3. The average Bonchev–Trinajstić information content (AvgIpc) is 2.66. The molecule has 0 aliphatic heterocycles. The van der Waals surface area contributed by atoms with Gasteiger partial charge in [0.25, 0.3) is 5.91 Å². The van der Waals surface area contributed by atoms with Gasteiger partial charge in [0, 0.05) is 18.8 Å². The van der Waals surface area contributed by atoms with Crippen molar-refractivity contribution in [3.05, 3.63) is 47.7 Å². The smallest absolute Gasteiger partial charge is 0.422 e. The van der Waals surface area contributed by atoms with Gasteiger partial charge in [0.05, 0.1) is 19.8 Å². The Bertz CT molecular complexity index is 764. The summed E-state index contributed by atoms with van der Waals surface area (Å²) >= 11 is 0. The molecular formula is C18H19F3N2O4. The monoisotopic (exact) mass is 384 g/mol. The van der Waals surface area contributed by atoms with Gasteiger partial charge in [0.2, 0.25) is 5.88 Å². The molecule has 0 aliphatic rings. The van der Waals surface area contributed by atoms with Crippen LogP contribution < -0.4 is 19.5 Å². The highest BCUT2D eigenvalue weighted by Gasteiger charge is 2.28. The predicted octanol–water partition coefficient (Wildman–Crippen LogP) is 3.01. The Balaban J connectivity index is 1.89. The van der Waals surface area contributed by atoms with Gasteiger partial charge in [-0.3, -0.25) is 4.79 Å². The van der Waals surface area contributed by atoms with E-state index in [4.69, 9.17) is 9.47 Å². The predicted molar refractivity (Wildman–Crippen MR) is 91.4 cm³/mol. The second-order valence-corrected chi connectivity index (χ2v) is 5.47. The zero-order valence-corrected chi connectivity index (χ0v) is 14.8. The van der Waals surface area contributed by atoms with Gasteiger partial charge in [-0.2, -0.15) is 13.2 Å². The van der Waals surface area contributed by atoms with E-state index in [-0.39, 0.29) is 11.4 Å². The largest absolute Gasteiger partial charge is 0.497 e. The van der Waals surface area contributed by atoms with E-state index in [0.717, 1.165) is 11.8 Å². The molecule has 0 unspecified atom stereocenters. The Labute approximate surface area is 154 Å². The van der Waals surface area contributed by atoms with E-state index in [0.29, 0.717) is 24.5 Å². The SMILES string of the molecule is COc1ccc(OC)c(CCNC(=O)c2ccc(OCC(F)(F)F)nc2)c1. The molecular weight excluding hydrogens is 365 g/mol. The number of hydrogen-bond donors (Lipinski definition) is 1. The Morgan fingerprint density at radius 2 is 1.93 bits per heavy atom. The number of methoxy groups -OCH3 is 2. The van der Waals surface area contributed by atoms with Crippen molar-refractivity contribution in [3.8, 4) is 17.4 Å². The lowest BCUT2D eigenvalue weighted by Crippen LogP contribution is -2.26. The first kappa shape index (κ1) is 20.3. The topological polar surface area (TPSA) is 69.7 Å². The Morgan fingerprint density at radius 3 is 2.52 bits per heavy atom. The Hall–Kier alpha value is -2.97. The van der Waals surface area contributed by atoms with E-state index in [1.54, 1.807) is 26.4 Å². The molecule has 1 N–H and O–H groups in total. The van der Waals surface area contributed by atoms with Crippen molar-refractivity contribution in [2.24, 2.45) is 0 Å². The van der Waals surface area contributed by atoms with Crippen LogP contribution in [0.25, 0.3) is 0 Å². The number of benzene rings is 1. The van der Waals surface area contributed by atoms with Crippen LogP contribution in [-0.2, 0) is 6.42 Å². The first-order valence-electron chi connectivity index (χ1n) is 7.97. The molecule has 1 heterocycles. The molecule has 0 saturated heterocycles. The minimum atomic E-state index is -4.45. The van der Waals surface area contributed by atoms with E-state index in [1.165, 1.54) is 12.1 Å². The third-order valence-electron chi connectivity index (χ3n) is 3.55. The summed E-state index contributed by atoms with van der Waals surface area (Å²) in [5, 5.41) is 2.72. The Morgan fingerprint density at radius 1 is 1.15 bits per heavy atom.